The molecular weight excluding hydrogens is 248 g/mol. The lowest BCUT2D eigenvalue weighted by Crippen LogP contribution is -2.05. The quantitative estimate of drug-likeness (QED) is 0.719. The van der Waals surface area contributed by atoms with Crippen molar-refractivity contribution in [2.24, 2.45) is 0 Å². The first-order valence-electron chi connectivity index (χ1n) is 6.87. The largest absolute Gasteiger partial charge is 0.361 e. The predicted molar refractivity (Wildman–Crippen MR) is 81.3 cm³/mol. The van der Waals surface area contributed by atoms with Gasteiger partial charge in [0.05, 0.1) is 0 Å². The number of hydrogen-bond acceptors (Lipinski definition) is 1. The van der Waals surface area contributed by atoms with E-state index in [2.05, 4.69) is 40.9 Å². The van der Waals surface area contributed by atoms with Crippen LogP contribution in [-0.2, 0) is 13.0 Å². The first kappa shape index (κ1) is 12.7. The molecule has 0 atom stereocenters. The SMILES string of the molecule is Cc1cc(C=O)c(C)n1CCc1c[nH]c2ccccc12. The van der Waals surface area contributed by atoms with E-state index in [1.807, 2.05) is 19.1 Å². The monoisotopic (exact) mass is 266 g/mol. The van der Waals surface area contributed by atoms with Crippen molar-refractivity contribution < 1.29 is 4.79 Å². The molecule has 1 N–H and O–H groups in total. The van der Waals surface area contributed by atoms with Gasteiger partial charge < -0.3 is 9.55 Å². The van der Waals surface area contributed by atoms with E-state index in [0.29, 0.717) is 0 Å². The topological polar surface area (TPSA) is 37.8 Å². The lowest BCUT2D eigenvalue weighted by molar-refractivity contribution is 0.112. The molecule has 102 valence electrons. The molecule has 0 saturated carbocycles. The first-order valence-corrected chi connectivity index (χ1v) is 6.87. The van der Waals surface area contributed by atoms with E-state index >= 15 is 0 Å². The van der Waals surface area contributed by atoms with Gasteiger partial charge in [-0.1, -0.05) is 18.2 Å². The standard InChI is InChI=1S/C17H18N2O/c1-12-9-15(11-20)13(2)19(12)8-7-14-10-18-17-6-4-3-5-16(14)17/h3-6,9-11,18H,7-8H2,1-2H3. The summed E-state index contributed by atoms with van der Waals surface area (Å²) in [6.07, 6.45) is 3.97. The lowest BCUT2D eigenvalue weighted by Gasteiger charge is -2.09. The van der Waals surface area contributed by atoms with Crippen LogP contribution in [0.5, 0.6) is 0 Å². The van der Waals surface area contributed by atoms with Crippen molar-refractivity contribution in [3.05, 3.63) is 59.0 Å². The second-order valence-electron chi connectivity index (χ2n) is 5.21. The Morgan fingerprint density at radius 2 is 2.05 bits per heavy atom. The Labute approximate surface area is 118 Å². The highest BCUT2D eigenvalue weighted by molar-refractivity contribution is 5.83. The smallest absolute Gasteiger partial charge is 0.151 e. The average Bonchev–Trinajstić information content (AvgIpc) is 2.99. The van der Waals surface area contributed by atoms with Gasteiger partial charge in [0.2, 0.25) is 0 Å². The summed E-state index contributed by atoms with van der Waals surface area (Å²) in [4.78, 5) is 14.3. The molecule has 0 aliphatic rings. The second kappa shape index (κ2) is 5.00. The fraction of sp³-hybridized carbons (Fsp3) is 0.235. The molecule has 20 heavy (non-hydrogen) atoms. The summed E-state index contributed by atoms with van der Waals surface area (Å²) in [6.45, 7) is 4.95. The molecular formula is C17H18N2O. The highest BCUT2D eigenvalue weighted by Gasteiger charge is 2.09. The minimum Gasteiger partial charge on any atom is -0.361 e. The van der Waals surface area contributed by atoms with E-state index in [4.69, 9.17) is 0 Å². The van der Waals surface area contributed by atoms with Crippen molar-refractivity contribution in [1.82, 2.24) is 9.55 Å². The highest BCUT2D eigenvalue weighted by atomic mass is 16.1. The van der Waals surface area contributed by atoms with Crippen molar-refractivity contribution in [3.8, 4) is 0 Å². The van der Waals surface area contributed by atoms with Crippen molar-refractivity contribution in [1.29, 1.82) is 0 Å². The fourth-order valence-corrected chi connectivity index (χ4v) is 2.86. The van der Waals surface area contributed by atoms with Gasteiger partial charge in [0.1, 0.15) is 0 Å². The molecule has 0 fully saturated rings. The Kier molecular flexibility index (Phi) is 3.18. The van der Waals surface area contributed by atoms with E-state index in [9.17, 15) is 4.79 Å². The van der Waals surface area contributed by atoms with Crippen LogP contribution in [0.3, 0.4) is 0 Å². The molecule has 0 aliphatic carbocycles. The predicted octanol–water partition coefficient (Wildman–Crippen LogP) is 3.64. The summed E-state index contributed by atoms with van der Waals surface area (Å²) in [5.74, 6) is 0. The van der Waals surface area contributed by atoms with Gasteiger partial charge in [0.25, 0.3) is 0 Å². The number of carbonyl (C=O) groups is 1. The number of nitrogens with one attached hydrogen (secondary N) is 1. The molecule has 3 heteroatoms. The summed E-state index contributed by atoms with van der Waals surface area (Å²) in [5, 5.41) is 1.28. The summed E-state index contributed by atoms with van der Waals surface area (Å²) in [7, 11) is 0. The highest BCUT2D eigenvalue weighted by Crippen LogP contribution is 2.20. The van der Waals surface area contributed by atoms with Crippen LogP contribution in [0.15, 0.2) is 36.5 Å². The maximum atomic E-state index is 11.0. The molecule has 3 nitrogen and oxygen atoms in total. The number of rotatable bonds is 4. The van der Waals surface area contributed by atoms with Crippen LogP contribution in [0.25, 0.3) is 10.9 Å². The summed E-state index contributed by atoms with van der Waals surface area (Å²) in [5.41, 5.74) is 5.49. The van der Waals surface area contributed by atoms with Crippen LogP contribution in [0.1, 0.15) is 27.3 Å². The zero-order valence-corrected chi connectivity index (χ0v) is 11.8. The summed E-state index contributed by atoms with van der Waals surface area (Å²) in [6, 6.07) is 10.3. The molecule has 3 rings (SSSR count). The zero-order chi connectivity index (χ0) is 14.1. The number of aromatic nitrogens is 2. The Morgan fingerprint density at radius 1 is 1.25 bits per heavy atom. The Balaban J connectivity index is 1.87. The zero-order valence-electron chi connectivity index (χ0n) is 11.8. The molecule has 2 heterocycles. The normalized spacial score (nSPS) is 11.1. The maximum Gasteiger partial charge on any atom is 0.151 e. The molecule has 0 bridgehead atoms. The number of aldehydes is 1. The van der Waals surface area contributed by atoms with E-state index in [1.54, 1.807) is 0 Å². The number of carbonyl (C=O) groups excluding carboxylic acids is 1. The van der Waals surface area contributed by atoms with Crippen LogP contribution in [0.2, 0.25) is 0 Å². The molecule has 0 spiro atoms. The molecule has 2 aromatic heterocycles. The van der Waals surface area contributed by atoms with Crippen molar-refractivity contribution in [2.45, 2.75) is 26.8 Å². The van der Waals surface area contributed by atoms with Gasteiger partial charge in [-0.2, -0.15) is 0 Å². The molecule has 0 unspecified atom stereocenters. The minimum absolute atomic E-state index is 0.793. The summed E-state index contributed by atoms with van der Waals surface area (Å²) < 4.78 is 2.21. The number of benzene rings is 1. The third-order valence-electron chi connectivity index (χ3n) is 4.02. The van der Waals surface area contributed by atoms with Gasteiger partial charge in [-0.05, 0) is 38.0 Å². The molecule has 3 aromatic rings. The van der Waals surface area contributed by atoms with Gasteiger partial charge in [-0.25, -0.2) is 0 Å². The van der Waals surface area contributed by atoms with Crippen LogP contribution < -0.4 is 0 Å². The minimum atomic E-state index is 0.793. The maximum absolute atomic E-state index is 11.0. The van der Waals surface area contributed by atoms with Gasteiger partial charge in [-0.3, -0.25) is 4.79 Å². The third-order valence-corrected chi connectivity index (χ3v) is 4.02. The second-order valence-corrected chi connectivity index (χ2v) is 5.21. The number of aryl methyl sites for hydroxylation is 2. The Morgan fingerprint density at radius 3 is 2.80 bits per heavy atom. The average molecular weight is 266 g/mol. The number of fused-ring (bicyclic) bond motifs is 1. The molecule has 0 radical (unpaired) electrons. The molecule has 0 aliphatic heterocycles. The van der Waals surface area contributed by atoms with Crippen molar-refractivity contribution in [2.75, 3.05) is 0 Å². The molecule has 0 amide bonds. The van der Waals surface area contributed by atoms with Gasteiger partial charge in [-0.15, -0.1) is 0 Å². The van der Waals surface area contributed by atoms with Crippen LogP contribution in [-0.4, -0.2) is 15.8 Å². The van der Waals surface area contributed by atoms with E-state index in [-0.39, 0.29) is 0 Å². The van der Waals surface area contributed by atoms with E-state index in [0.717, 1.165) is 36.2 Å². The Bertz CT molecular complexity index is 764. The van der Waals surface area contributed by atoms with Crippen molar-refractivity contribution >= 4 is 17.2 Å². The first-order chi connectivity index (χ1) is 9.70. The number of aromatic amines is 1. The summed E-state index contributed by atoms with van der Waals surface area (Å²) >= 11 is 0. The molecule has 1 aromatic carbocycles. The fourth-order valence-electron chi connectivity index (χ4n) is 2.86. The number of nitrogens with zero attached hydrogens (tertiary/aromatic N) is 1. The van der Waals surface area contributed by atoms with Crippen LogP contribution in [0, 0.1) is 13.8 Å². The number of para-hydroxylation sites is 1. The number of H-pyrrole nitrogens is 1. The Hall–Kier alpha value is -2.29. The van der Waals surface area contributed by atoms with Crippen LogP contribution in [0.4, 0.5) is 0 Å². The number of hydrogen-bond donors (Lipinski definition) is 1. The third kappa shape index (κ3) is 2.05. The van der Waals surface area contributed by atoms with E-state index in [1.165, 1.54) is 16.5 Å². The van der Waals surface area contributed by atoms with Gasteiger partial charge in [0, 0.05) is 40.6 Å². The van der Waals surface area contributed by atoms with E-state index < -0.39 is 0 Å². The van der Waals surface area contributed by atoms with Gasteiger partial charge in [0.15, 0.2) is 6.29 Å². The van der Waals surface area contributed by atoms with Crippen molar-refractivity contribution in [3.63, 3.8) is 0 Å². The lowest BCUT2D eigenvalue weighted by atomic mass is 10.1. The van der Waals surface area contributed by atoms with Gasteiger partial charge >= 0.3 is 0 Å². The van der Waals surface area contributed by atoms with Crippen LogP contribution >= 0.6 is 0 Å². The molecule has 0 saturated heterocycles.